The van der Waals surface area contributed by atoms with Gasteiger partial charge in [-0.25, -0.2) is 0 Å². The topological polar surface area (TPSA) is 26.3 Å². The molecule has 0 heterocycles. The second-order valence-corrected chi connectivity index (χ2v) is 5.80. The normalized spacial score (nSPS) is 26.6. The largest absolute Gasteiger partial charge is 0.416 e. The number of carbonyl (C=O) groups excluding carboxylic acids is 1. The third kappa shape index (κ3) is 3.28. The van der Waals surface area contributed by atoms with Crippen molar-refractivity contribution in [3.8, 4) is 0 Å². The fraction of sp³-hybridized carbons (Fsp3) is 0.562. The van der Waals surface area contributed by atoms with E-state index in [9.17, 15) is 18.0 Å². The lowest BCUT2D eigenvalue weighted by Gasteiger charge is -2.37. The Hall–Kier alpha value is -1.36. The molecule has 0 N–H and O–H groups in total. The van der Waals surface area contributed by atoms with E-state index in [2.05, 4.69) is 6.92 Å². The molecule has 21 heavy (non-hydrogen) atoms. The molecule has 2 rings (SSSR count). The molecule has 5 heteroatoms. The van der Waals surface area contributed by atoms with Gasteiger partial charge >= 0.3 is 6.18 Å². The van der Waals surface area contributed by atoms with E-state index in [4.69, 9.17) is 4.74 Å². The summed E-state index contributed by atoms with van der Waals surface area (Å²) in [5.41, 5.74) is -1.36. The van der Waals surface area contributed by atoms with Crippen LogP contribution in [0.2, 0.25) is 0 Å². The maximum absolute atomic E-state index is 12.7. The Morgan fingerprint density at radius 1 is 1.29 bits per heavy atom. The van der Waals surface area contributed by atoms with Crippen LogP contribution in [0.1, 0.15) is 48.5 Å². The molecular weight excluding hydrogens is 281 g/mol. The van der Waals surface area contributed by atoms with Crippen LogP contribution in [-0.4, -0.2) is 18.5 Å². The van der Waals surface area contributed by atoms with Gasteiger partial charge in [-0.15, -0.1) is 0 Å². The number of hydrogen-bond acceptors (Lipinski definition) is 2. The van der Waals surface area contributed by atoms with Crippen LogP contribution < -0.4 is 0 Å². The van der Waals surface area contributed by atoms with Crippen molar-refractivity contribution < 1.29 is 22.7 Å². The molecule has 116 valence electrons. The molecule has 0 saturated heterocycles. The summed E-state index contributed by atoms with van der Waals surface area (Å²) in [5, 5.41) is 0. The molecular formula is C16H19F3O2. The number of carbonyl (C=O) groups is 1. The number of alkyl halides is 3. The Balaban J connectivity index is 2.26. The van der Waals surface area contributed by atoms with Crippen molar-refractivity contribution in [3.63, 3.8) is 0 Å². The van der Waals surface area contributed by atoms with Crippen LogP contribution in [0, 0.1) is 5.92 Å². The first-order chi connectivity index (χ1) is 9.78. The van der Waals surface area contributed by atoms with E-state index in [1.807, 2.05) is 0 Å². The number of benzene rings is 1. The standard InChI is InChI=1S/C16H19F3O2/c1-11-4-3-9-15(10-11,21-2)14(20)12-5-7-13(8-6-12)16(17,18)19/h5-8,11H,3-4,9-10H2,1-2H3. The molecule has 0 spiro atoms. The van der Waals surface area contributed by atoms with Gasteiger partial charge in [0.05, 0.1) is 5.56 Å². The van der Waals surface area contributed by atoms with Crippen LogP contribution in [0.15, 0.2) is 24.3 Å². The summed E-state index contributed by atoms with van der Waals surface area (Å²) in [5.74, 6) is 0.155. The van der Waals surface area contributed by atoms with Gasteiger partial charge < -0.3 is 4.74 Å². The van der Waals surface area contributed by atoms with Crippen LogP contribution in [0.25, 0.3) is 0 Å². The van der Waals surface area contributed by atoms with Crippen molar-refractivity contribution >= 4 is 5.78 Å². The van der Waals surface area contributed by atoms with Gasteiger partial charge in [0.15, 0.2) is 5.78 Å². The van der Waals surface area contributed by atoms with Gasteiger partial charge in [0.1, 0.15) is 5.60 Å². The van der Waals surface area contributed by atoms with E-state index in [-0.39, 0.29) is 11.3 Å². The van der Waals surface area contributed by atoms with Crippen LogP contribution in [-0.2, 0) is 10.9 Å². The van der Waals surface area contributed by atoms with Crippen LogP contribution >= 0.6 is 0 Å². The fourth-order valence-corrected chi connectivity index (χ4v) is 3.06. The minimum Gasteiger partial charge on any atom is -0.370 e. The van der Waals surface area contributed by atoms with E-state index >= 15 is 0 Å². The number of hydrogen-bond donors (Lipinski definition) is 0. The molecule has 1 fully saturated rings. The minimum atomic E-state index is -4.39. The molecule has 1 aliphatic rings. The zero-order chi connectivity index (χ0) is 15.7. The Morgan fingerprint density at radius 2 is 1.90 bits per heavy atom. The quantitative estimate of drug-likeness (QED) is 0.769. The molecule has 1 aromatic rings. The summed E-state index contributed by atoms with van der Waals surface area (Å²) >= 11 is 0. The van der Waals surface area contributed by atoms with Crippen molar-refractivity contribution in [2.75, 3.05) is 7.11 Å². The van der Waals surface area contributed by atoms with Gasteiger partial charge in [-0.2, -0.15) is 13.2 Å². The number of rotatable bonds is 3. The van der Waals surface area contributed by atoms with Crippen molar-refractivity contribution in [1.82, 2.24) is 0 Å². The molecule has 0 bridgehead atoms. The first kappa shape index (κ1) is 16.0. The zero-order valence-corrected chi connectivity index (χ0v) is 12.2. The Morgan fingerprint density at radius 3 is 2.38 bits per heavy atom. The molecule has 1 saturated carbocycles. The van der Waals surface area contributed by atoms with E-state index in [0.29, 0.717) is 18.8 Å². The van der Waals surface area contributed by atoms with E-state index in [0.717, 1.165) is 25.0 Å². The molecule has 2 nitrogen and oxygen atoms in total. The second-order valence-electron chi connectivity index (χ2n) is 5.80. The highest BCUT2D eigenvalue weighted by atomic mass is 19.4. The summed E-state index contributed by atoms with van der Waals surface area (Å²) in [6.07, 6.45) is -1.22. The lowest BCUT2D eigenvalue weighted by Crippen LogP contribution is -2.44. The van der Waals surface area contributed by atoms with E-state index in [1.165, 1.54) is 19.2 Å². The smallest absolute Gasteiger partial charge is 0.370 e. The molecule has 0 aliphatic heterocycles. The number of ketones is 1. The average Bonchev–Trinajstić information content (AvgIpc) is 2.45. The van der Waals surface area contributed by atoms with Crippen LogP contribution in [0.3, 0.4) is 0 Å². The van der Waals surface area contributed by atoms with Crippen LogP contribution in [0.5, 0.6) is 0 Å². The molecule has 0 aromatic heterocycles. The van der Waals surface area contributed by atoms with Gasteiger partial charge in [-0.05, 0) is 37.3 Å². The summed E-state index contributed by atoms with van der Waals surface area (Å²) < 4.78 is 43.2. The van der Waals surface area contributed by atoms with Crippen LogP contribution in [0.4, 0.5) is 13.2 Å². The van der Waals surface area contributed by atoms with Crippen molar-refractivity contribution in [2.24, 2.45) is 5.92 Å². The summed E-state index contributed by atoms with van der Waals surface area (Å²) in [6.45, 7) is 2.06. The van der Waals surface area contributed by atoms with E-state index in [1.54, 1.807) is 0 Å². The minimum absolute atomic E-state index is 0.217. The summed E-state index contributed by atoms with van der Waals surface area (Å²) in [7, 11) is 1.50. The van der Waals surface area contributed by atoms with Gasteiger partial charge in [-0.3, -0.25) is 4.79 Å². The number of ether oxygens (including phenoxy) is 1. The Kier molecular flexibility index (Phi) is 4.42. The van der Waals surface area contributed by atoms with Crippen molar-refractivity contribution in [3.05, 3.63) is 35.4 Å². The summed E-state index contributed by atoms with van der Waals surface area (Å²) in [4.78, 5) is 12.7. The molecule has 2 unspecified atom stereocenters. The lowest BCUT2D eigenvalue weighted by molar-refractivity contribution is -0.137. The predicted molar refractivity (Wildman–Crippen MR) is 73.1 cm³/mol. The highest BCUT2D eigenvalue weighted by Gasteiger charge is 2.42. The number of halogens is 3. The van der Waals surface area contributed by atoms with Gasteiger partial charge in [0.2, 0.25) is 0 Å². The molecule has 2 atom stereocenters. The first-order valence-corrected chi connectivity index (χ1v) is 7.06. The Labute approximate surface area is 122 Å². The maximum Gasteiger partial charge on any atom is 0.416 e. The average molecular weight is 300 g/mol. The van der Waals surface area contributed by atoms with Gasteiger partial charge in [-0.1, -0.05) is 25.5 Å². The second kappa shape index (κ2) is 5.79. The summed E-state index contributed by atoms with van der Waals surface area (Å²) in [6, 6.07) is 4.38. The highest BCUT2D eigenvalue weighted by molar-refractivity contribution is 6.02. The third-order valence-electron chi connectivity index (χ3n) is 4.23. The van der Waals surface area contributed by atoms with E-state index < -0.39 is 17.3 Å². The monoisotopic (exact) mass is 300 g/mol. The zero-order valence-electron chi connectivity index (χ0n) is 12.2. The molecule has 0 amide bonds. The third-order valence-corrected chi connectivity index (χ3v) is 4.23. The van der Waals surface area contributed by atoms with Gasteiger partial charge in [0.25, 0.3) is 0 Å². The van der Waals surface area contributed by atoms with Gasteiger partial charge in [0, 0.05) is 12.7 Å². The lowest BCUT2D eigenvalue weighted by atomic mass is 9.75. The number of methoxy groups -OCH3 is 1. The van der Waals surface area contributed by atoms with Crippen molar-refractivity contribution in [1.29, 1.82) is 0 Å². The fourth-order valence-electron chi connectivity index (χ4n) is 3.06. The maximum atomic E-state index is 12.7. The molecule has 1 aromatic carbocycles. The Bertz CT molecular complexity index is 507. The number of Topliss-reactive ketones (excluding diaryl/α,β-unsaturated/α-hetero) is 1. The SMILES string of the molecule is COC1(C(=O)c2ccc(C(F)(F)F)cc2)CCCC(C)C1. The predicted octanol–water partition coefficient (Wildman–Crippen LogP) is 4.48. The van der Waals surface area contributed by atoms with Crippen molar-refractivity contribution in [2.45, 2.75) is 44.4 Å². The highest BCUT2D eigenvalue weighted by Crippen LogP contribution is 2.37. The first-order valence-electron chi connectivity index (χ1n) is 7.06. The molecule has 1 aliphatic carbocycles. The molecule has 0 radical (unpaired) electrons.